The van der Waals surface area contributed by atoms with Gasteiger partial charge in [-0.3, -0.25) is 9.69 Å². The van der Waals surface area contributed by atoms with Gasteiger partial charge >= 0.3 is 5.97 Å². The summed E-state index contributed by atoms with van der Waals surface area (Å²) in [5.74, 6) is -0.668. The van der Waals surface area contributed by atoms with E-state index >= 15 is 0 Å². The molecule has 5 heteroatoms. The Bertz CT molecular complexity index is 487. The zero-order chi connectivity index (χ0) is 14.7. The van der Waals surface area contributed by atoms with Gasteiger partial charge in [-0.05, 0) is 56.5 Å². The minimum Gasteiger partial charge on any atom is -0.481 e. The normalized spacial score (nSPS) is 18.9. The second kappa shape index (κ2) is 6.68. The van der Waals surface area contributed by atoms with Crippen LogP contribution >= 0.6 is 15.9 Å². The minimum absolute atomic E-state index is 0.204. The van der Waals surface area contributed by atoms with Crippen molar-refractivity contribution in [3.63, 3.8) is 0 Å². The third kappa shape index (κ3) is 3.79. The predicted molar refractivity (Wildman–Crippen MR) is 79.1 cm³/mol. The van der Waals surface area contributed by atoms with Crippen LogP contribution in [0.4, 0.5) is 4.39 Å². The standard InChI is InChI=1S/C15H19BrFNO2/c1-10(13-3-2-12(17)9-14(13)16)18-6-4-11(5-7-18)8-15(19)20/h2-3,9-11H,4-8H2,1H3,(H,19,20). The third-order valence-corrected chi connectivity index (χ3v) is 4.76. The van der Waals surface area contributed by atoms with Gasteiger partial charge in [0.05, 0.1) is 0 Å². The molecule has 0 amide bonds. The number of rotatable bonds is 4. The van der Waals surface area contributed by atoms with E-state index in [4.69, 9.17) is 5.11 Å². The maximum Gasteiger partial charge on any atom is 0.303 e. The van der Waals surface area contributed by atoms with Crippen LogP contribution in [0, 0.1) is 11.7 Å². The highest BCUT2D eigenvalue weighted by atomic mass is 79.9. The summed E-state index contributed by atoms with van der Waals surface area (Å²) < 4.78 is 13.9. The molecule has 1 heterocycles. The van der Waals surface area contributed by atoms with Crippen molar-refractivity contribution >= 4 is 21.9 Å². The van der Waals surface area contributed by atoms with Crippen molar-refractivity contribution in [3.05, 3.63) is 34.1 Å². The zero-order valence-corrected chi connectivity index (χ0v) is 13.1. The summed E-state index contributed by atoms with van der Waals surface area (Å²) in [6, 6.07) is 4.99. The summed E-state index contributed by atoms with van der Waals surface area (Å²) >= 11 is 3.41. The summed E-state index contributed by atoms with van der Waals surface area (Å²) in [5.41, 5.74) is 1.07. The number of aliphatic carboxylic acids is 1. The first-order chi connectivity index (χ1) is 9.47. The summed E-state index contributed by atoms with van der Waals surface area (Å²) in [4.78, 5) is 13.1. The molecule has 1 unspecified atom stereocenters. The molecule has 1 fully saturated rings. The number of hydrogen-bond acceptors (Lipinski definition) is 2. The molecule has 1 saturated heterocycles. The molecule has 3 nitrogen and oxygen atoms in total. The Morgan fingerprint density at radius 1 is 1.50 bits per heavy atom. The summed E-state index contributed by atoms with van der Waals surface area (Å²) in [7, 11) is 0. The van der Waals surface area contributed by atoms with Crippen molar-refractivity contribution in [1.82, 2.24) is 4.90 Å². The van der Waals surface area contributed by atoms with E-state index in [2.05, 4.69) is 27.8 Å². The van der Waals surface area contributed by atoms with Crippen molar-refractivity contribution < 1.29 is 14.3 Å². The Kier molecular flexibility index (Phi) is 5.16. The molecule has 1 aliphatic heterocycles. The van der Waals surface area contributed by atoms with Crippen molar-refractivity contribution in [2.75, 3.05) is 13.1 Å². The lowest BCUT2D eigenvalue weighted by Crippen LogP contribution is -2.36. The van der Waals surface area contributed by atoms with E-state index in [1.54, 1.807) is 0 Å². The van der Waals surface area contributed by atoms with Crippen LogP contribution in [0.2, 0.25) is 0 Å². The maximum absolute atomic E-state index is 13.1. The second-order valence-electron chi connectivity index (χ2n) is 5.42. The lowest BCUT2D eigenvalue weighted by molar-refractivity contribution is -0.138. The van der Waals surface area contributed by atoms with Gasteiger partial charge in [0.15, 0.2) is 0 Å². The molecule has 1 atom stereocenters. The van der Waals surface area contributed by atoms with Crippen molar-refractivity contribution in [1.29, 1.82) is 0 Å². The van der Waals surface area contributed by atoms with Crippen LogP contribution in [-0.4, -0.2) is 29.1 Å². The van der Waals surface area contributed by atoms with Gasteiger partial charge in [0.1, 0.15) is 5.82 Å². The minimum atomic E-state index is -0.710. The van der Waals surface area contributed by atoms with Crippen molar-refractivity contribution in [2.45, 2.75) is 32.2 Å². The quantitative estimate of drug-likeness (QED) is 0.902. The topological polar surface area (TPSA) is 40.5 Å². The monoisotopic (exact) mass is 343 g/mol. The third-order valence-electron chi connectivity index (χ3n) is 4.07. The maximum atomic E-state index is 13.1. The number of carbonyl (C=O) groups is 1. The fourth-order valence-electron chi connectivity index (χ4n) is 2.83. The van der Waals surface area contributed by atoms with Gasteiger partial charge in [0.25, 0.3) is 0 Å². The molecule has 2 rings (SSSR count). The first kappa shape index (κ1) is 15.4. The van der Waals surface area contributed by atoms with Crippen LogP contribution in [0.25, 0.3) is 0 Å². The number of piperidine rings is 1. The largest absolute Gasteiger partial charge is 0.481 e. The number of nitrogens with zero attached hydrogens (tertiary/aromatic N) is 1. The SMILES string of the molecule is CC(c1ccc(F)cc1Br)N1CCC(CC(=O)O)CC1. The Labute approximate surface area is 126 Å². The van der Waals surface area contributed by atoms with E-state index in [-0.39, 0.29) is 24.2 Å². The van der Waals surface area contributed by atoms with E-state index in [0.717, 1.165) is 36.0 Å². The van der Waals surface area contributed by atoms with Gasteiger partial charge < -0.3 is 5.11 Å². The predicted octanol–water partition coefficient (Wildman–Crippen LogP) is 3.84. The average molecular weight is 344 g/mol. The van der Waals surface area contributed by atoms with E-state index in [1.165, 1.54) is 12.1 Å². The number of halogens is 2. The van der Waals surface area contributed by atoms with Crippen molar-refractivity contribution in [2.24, 2.45) is 5.92 Å². The number of hydrogen-bond donors (Lipinski definition) is 1. The number of benzene rings is 1. The summed E-state index contributed by atoms with van der Waals surface area (Å²) in [5, 5.41) is 8.83. The van der Waals surface area contributed by atoms with Gasteiger partial charge in [-0.25, -0.2) is 4.39 Å². The van der Waals surface area contributed by atoms with Crippen molar-refractivity contribution in [3.8, 4) is 0 Å². The smallest absolute Gasteiger partial charge is 0.303 e. The number of carboxylic acids is 1. The van der Waals surface area contributed by atoms with Gasteiger partial charge in [-0.1, -0.05) is 22.0 Å². The Morgan fingerprint density at radius 2 is 2.15 bits per heavy atom. The molecule has 0 radical (unpaired) electrons. The highest BCUT2D eigenvalue weighted by molar-refractivity contribution is 9.10. The van der Waals surface area contributed by atoms with Crippen LogP contribution in [0.5, 0.6) is 0 Å². The highest BCUT2D eigenvalue weighted by Crippen LogP contribution is 2.32. The first-order valence-electron chi connectivity index (χ1n) is 6.88. The van der Waals surface area contributed by atoms with Crippen LogP contribution < -0.4 is 0 Å². The fourth-order valence-corrected chi connectivity index (χ4v) is 3.51. The zero-order valence-electron chi connectivity index (χ0n) is 11.5. The molecule has 1 aliphatic rings. The molecule has 20 heavy (non-hydrogen) atoms. The summed E-state index contributed by atoms with van der Waals surface area (Å²) in [6.07, 6.45) is 2.09. The molecular formula is C15H19BrFNO2. The van der Waals surface area contributed by atoms with Crippen LogP contribution in [0.15, 0.2) is 22.7 Å². The Morgan fingerprint density at radius 3 is 2.70 bits per heavy atom. The number of carboxylic acid groups (broad SMARTS) is 1. The Balaban J connectivity index is 1.97. The molecule has 0 aliphatic carbocycles. The van der Waals surface area contributed by atoms with Crippen LogP contribution in [0.1, 0.15) is 37.8 Å². The molecule has 0 aromatic heterocycles. The van der Waals surface area contributed by atoms with E-state index in [1.807, 2.05) is 6.07 Å². The van der Waals surface area contributed by atoms with E-state index in [9.17, 15) is 9.18 Å². The molecular weight excluding hydrogens is 325 g/mol. The van der Waals surface area contributed by atoms with Gasteiger partial charge in [0, 0.05) is 16.9 Å². The summed E-state index contributed by atoms with van der Waals surface area (Å²) in [6.45, 7) is 3.89. The van der Waals surface area contributed by atoms with Gasteiger partial charge in [-0.2, -0.15) is 0 Å². The van der Waals surface area contributed by atoms with Crippen LogP contribution in [0.3, 0.4) is 0 Å². The molecule has 0 saturated carbocycles. The lowest BCUT2D eigenvalue weighted by Gasteiger charge is -2.36. The Hall–Kier alpha value is -0.940. The molecule has 110 valence electrons. The lowest BCUT2D eigenvalue weighted by atomic mass is 9.92. The molecule has 0 spiro atoms. The fraction of sp³-hybridized carbons (Fsp3) is 0.533. The number of likely N-dealkylation sites (tertiary alicyclic amines) is 1. The van der Waals surface area contributed by atoms with Crippen LogP contribution in [-0.2, 0) is 4.79 Å². The molecule has 1 N–H and O–H groups in total. The van der Waals surface area contributed by atoms with Gasteiger partial charge in [-0.15, -0.1) is 0 Å². The molecule has 1 aromatic rings. The highest BCUT2D eigenvalue weighted by Gasteiger charge is 2.25. The first-order valence-corrected chi connectivity index (χ1v) is 7.67. The molecule has 0 bridgehead atoms. The average Bonchev–Trinajstić information content (AvgIpc) is 2.38. The van der Waals surface area contributed by atoms with Gasteiger partial charge in [0.2, 0.25) is 0 Å². The second-order valence-corrected chi connectivity index (χ2v) is 6.27. The van der Waals surface area contributed by atoms with E-state index < -0.39 is 5.97 Å². The van der Waals surface area contributed by atoms with E-state index in [0.29, 0.717) is 0 Å². The molecule has 1 aromatic carbocycles.